The monoisotopic (exact) mass is 1790 g/mol. The normalized spacial score (nSPS) is 13.7. The van der Waals surface area contributed by atoms with Gasteiger partial charge in [-0.2, -0.15) is 0 Å². The highest BCUT2D eigenvalue weighted by Crippen LogP contribution is 2.49. The van der Waals surface area contributed by atoms with E-state index < -0.39 is 0 Å². The molecule has 0 N–H and O–H groups in total. The third kappa shape index (κ3) is 28.3. The van der Waals surface area contributed by atoms with Gasteiger partial charge in [0, 0.05) is 63.2 Å². The average Bonchev–Trinajstić information content (AvgIpc) is 1.56. The summed E-state index contributed by atoms with van der Waals surface area (Å²) in [5.74, 6) is 1.17. The van der Waals surface area contributed by atoms with E-state index in [9.17, 15) is 0 Å². The number of hydrogen-bond acceptors (Lipinski definition) is 6. The summed E-state index contributed by atoms with van der Waals surface area (Å²) in [7, 11) is 0. The highest BCUT2D eigenvalue weighted by atomic mass is 127. The lowest BCUT2D eigenvalue weighted by Gasteiger charge is -2.28. The van der Waals surface area contributed by atoms with Crippen LogP contribution < -0.4 is 20.2 Å². The summed E-state index contributed by atoms with van der Waals surface area (Å²) in [5.41, 5.74) is 7.08. The topological polar surface area (TPSA) is 40.6 Å². The maximum Gasteiger partial charge on any atom is 0.260 e. The molecule has 0 saturated carbocycles. The van der Waals surface area contributed by atoms with Crippen LogP contribution in [-0.4, -0.2) is 24.9 Å². The molecule has 3 aromatic carbocycles. The molecule has 2 unspecified atom stereocenters. The zero-order valence-corrected chi connectivity index (χ0v) is 78.0. The van der Waals surface area contributed by atoms with Crippen LogP contribution in [0.2, 0.25) is 0 Å². The van der Waals surface area contributed by atoms with E-state index in [2.05, 4.69) is 157 Å². The van der Waals surface area contributed by atoms with Crippen LogP contribution in [0.25, 0.3) is 51.8 Å². The Morgan fingerprint density at radius 1 is 0.282 bits per heavy atom. The van der Waals surface area contributed by atoms with Crippen LogP contribution in [0, 0.1) is 17.6 Å². The molecule has 10 heteroatoms. The van der Waals surface area contributed by atoms with Crippen molar-refractivity contribution in [2.75, 3.05) is 22.9 Å². The number of rotatable bonds is 65. The second-order valence-electron chi connectivity index (χ2n) is 34.1. The predicted molar refractivity (Wildman–Crippen MR) is 510 cm³/mol. The van der Waals surface area contributed by atoms with Gasteiger partial charge in [0.25, 0.3) is 11.8 Å². The molecule has 0 spiro atoms. The van der Waals surface area contributed by atoms with Gasteiger partial charge in [-0.05, 0) is 167 Å². The molecule has 4 aromatic heterocycles. The molecular weight excluding hydrogens is 1640 g/mol. The number of hydrogen-bond donors (Lipinski definition) is 0. The first-order valence-corrected chi connectivity index (χ1v) is 52.1. The van der Waals surface area contributed by atoms with Gasteiger partial charge in [-0.25, -0.2) is 0 Å². The van der Waals surface area contributed by atoms with E-state index in [4.69, 9.17) is 0 Å². The van der Waals surface area contributed by atoms with E-state index in [0.29, 0.717) is 11.8 Å². The van der Waals surface area contributed by atoms with E-state index in [1.54, 1.807) is 22.5 Å². The van der Waals surface area contributed by atoms with Gasteiger partial charge in [-0.15, -0.1) is 45.3 Å². The number of halogens is 2. The Balaban J connectivity index is 1.11. The zero-order chi connectivity index (χ0) is 77.3. The summed E-state index contributed by atoms with van der Waals surface area (Å²) in [6.45, 7) is 15.4. The maximum absolute atomic E-state index is 16.5. The molecule has 9 rings (SSSR count). The number of amides is 2. The average molecular weight is 1790 g/mol. The van der Waals surface area contributed by atoms with Gasteiger partial charge in [0.15, 0.2) is 0 Å². The smallest absolute Gasteiger partial charge is 0.260 e. The number of anilines is 2. The molecule has 0 bridgehead atoms. The lowest BCUT2D eigenvalue weighted by molar-refractivity contribution is -0.114. The molecule has 0 fully saturated rings. The molecule has 7 aromatic rings. The Hall–Kier alpha value is -2.62. The molecule has 2 aliphatic rings. The quantitative estimate of drug-likeness (QED) is 0.0282. The van der Waals surface area contributed by atoms with Crippen LogP contribution in [-0.2, 0) is 22.4 Å². The van der Waals surface area contributed by atoms with E-state index in [1.807, 2.05) is 34.0 Å². The number of carbonyl (C=O) groups excluding carboxylic acids is 2. The minimum absolute atomic E-state index is 0.167. The van der Waals surface area contributed by atoms with Crippen molar-refractivity contribution in [2.45, 2.75) is 414 Å². The fraction of sp³-hybridized carbons (Fsp3) is 0.680. The van der Waals surface area contributed by atoms with E-state index >= 15 is 9.59 Å². The summed E-state index contributed by atoms with van der Waals surface area (Å²) >= 11 is 12.8. The molecule has 610 valence electrons. The Morgan fingerprint density at radius 3 is 0.927 bits per heavy atom. The Bertz CT molecular complexity index is 3830. The van der Waals surface area contributed by atoms with Crippen LogP contribution in [0.3, 0.4) is 0 Å². The fourth-order valence-corrected chi connectivity index (χ4v) is 24.5. The summed E-state index contributed by atoms with van der Waals surface area (Å²) in [6, 6.07) is 23.6. The number of aryl methyl sites for hydroxylation is 2. The number of carbonyl (C=O) groups is 2. The van der Waals surface area contributed by atoms with E-state index in [0.717, 1.165) is 92.3 Å². The molecule has 2 amide bonds. The van der Waals surface area contributed by atoms with Gasteiger partial charge in [-0.3, -0.25) is 9.59 Å². The Morgan fingerprint density at radius 2 is 0.582 bits per heavy atom. The second-order valence-corrected chi connectivity index (χ2v) is 42.2. The summed E-state index contributed by atoms with van der Waals surface area (Å²) < 4.78 is 5.67. The van der Waals surface area contributed by atoms with Gasteiger partial charge >= 0.3 is 0 Å². The zero-order valence-electron chi connectivity index (χ0n) is 70.5. The summed E-state index contributed by atoms with van der Waals surface area (Å²) in [6.07, 6.45) is 76.0. The van der Waals surface area contributed by atoms with Gasteiger partial charge < -0.3 is 9.80 Å². The third-order valence-corrected chi connectivity index (χ3v) is 31.4. The molecule has 2 atom stereocenters. The molecule has 0 aliphatic carbocycles. The van der Waals surface area contributed by atoms with E-state index in [1.165, 1.54) is 382 Å². The molecule has 2 aliphatic heterocycles. The maximum atomic E-state index is 16.5. The minimum Gasteiger partial charge on any atom is -0.307 e. The lowest BCUT2D eigenvalue weighted by atomic mass is 9.92. The number of nitrogens with zero attached hydrogens (tertiary/aromatic N) is 2. The Labute approximate surface area is 714 Å². The first-order chi connectivity index (χ1) is 54.1. The third-order valence-electron chi connectivity index (χ3n) is 25.0. The van der Waals surface area contributed by atoms with E-state index in [-0.39, 0.29) is 11.8 Å². The van der Waals surface area contributed by atoms with Crippen LogP contribution in [0.5, 0.6) is 0 Å². The molecule has 6 heterocycles. The van der Waals surface area contributed by atoms with Crippen molar-refractivity contribution in [3.8, 4) is 9.75 Å². The molecular formula is C100H150I2N2O2S4. The highest BCUT2D eigenvalue weighted by Gasteiger charge is 2.38. The van der Waals surface area contributed by atoms with Gasteiger partial charge in [0.1, 0.15) is 0 Å². The van der Waals surface area contributed by atoms with Crippen molar-refractivity contribution in [3.63, 3.8) is 0 Å². The van der Waals surface area contributed by atoms with Crippen molar-refractivity contribution >= 4 is 156 Å². The molecule has 110 heavy (non-hydrogen) atoms. The molecule has 0 saturated heterocycles. The SMILES string of the molecule is CCCCCCCCCCCCC(CCCCCCCCCC)CN1C(=O)C(c2ccc(I)s2)=c2ccc3c4c(ccc3c21)=C(c1ccc(-c2cc3c(CCCCCCCCCC)c5sc(I)cc5c(CCCCCCCCCC)c3s2)s1)C(=O)N4CC(CCCCCCCCCC)CCCCCCCCCCCC. The van der Waals surface area contributed by atoms with Gasteiger partial charge in [0.05, 0.1) is 28.3 Å². The number of benzene rings is 3. The number of thiophene rings is 4. The van der Waals surface area contributed by atoms with Gasteiger partial charge in [0.2, 0.25) is 0 Å². The van der Waals surface area contributed by atoms with Crippen LogP contribution in [0.1, 0.15) is 422 Å². The van der Waals surface area contributed by atoms with Crippen molar-refractivity contribution < 1.29 is 9.59 Å². The molecule has 4 nitrogen and oxygen atoms in total. The van der Waals surface area contributed by atoms with Crippen molar-refractivity contribution in [2.24, 2.45) is 11.8 Å². The van der Waals surface area contributed by atoms with Crippen LogP contribution >= 0.6 is 90.5 Å². The number of fused-ring (bicyclic) bond motifs is 7. The van der Waals surface area contributed by atoms with Crippen molar-refractivity contribution in [1.29, 1.82) is 0 Å². The standard InChI is InChI=1S/C100H150I2N2O2S4/c1-7-13-19-25-31-37-39-43-49-55-61-77(59-53-47-41-33-27-21-15-9-3)75-103-95-79-66-68-84-94(89-71-72-91(101)108-89)100(106)104(76-78(60-54-48-42-34-28-22-16-10-4)62-56-50-44-40-38-32-26-20-14-8-2)96(84)80(79)65-67-83(95)93(99(103)105)88-70-69-87(107-88)90-73-85-81(63-57-51-45-35-29-23-17-11-5)98-86(74-92(102)110-98)82(97(85)109-90)64-58-52-46-36-30-24-18-12-6/h65-74,77-78H,7-64,75-76H2,1-6H3. The summed E-state index contributed by atoms with van der Waals surface area (Å²) in [5, 5.41) is 7.42. The van der Waals surface area contributed by atoms with Crippen LogP contribution in [0.4, 0.5) is 11.4 Å². The minimum atomic E-state index is 0.167. The molecule has 0 radical (unpaired) electrons. The van der Waals surface area contributed by atoms with Gasteiger partial charge in [-0.1, -0.05) is 387 Å². The Kier molecular flexibility index (Phi) is 43.9. The lowest BCUT2D eigenvalue weighted by Crippen LogP contribution is -2.34. The summed E-state index contributed by atoms with van der Waals surface area (Å²) in [4.78, 5) is 41.8. The second kappa shape index (κ2) is 52.9. The largest absolute Gasteiger partial charge is 0.307 e. The first-order valence-electron chi connectivity index (χ1n) is 46.6. The first kappa shape index (κ1) is 91.3. The van der Waals surface area contributed by atoms with Crippen molar-refractivity contribution in [1.82, 2.24) is 0 Å². The highest BCUT2D eigenvalue weighted by molar-refractivity contribution is 14.1. The van der Waals surface area contributed by atoms with Crippen molar-refractivity contribution in [3.05, 3.63) is 97.7 Å². The number of unbranched alkanes of at least 4 members (excludes halogenated alkanes) is 46. The fourth-order valence-electron chi connectivity index (χ4n) is 18.5. The predicted octanol–water partition coefficient (Wildman–Crippen LogP) is 33.6. The van der Waals surface area contributed by atoms with Crippen LogP contribution in [0.15, 0.2) is 60.7 Å².